The molecule has 4 atom stereocenters. The molecule has 20 heavy (non-hydrogen) atoms. The van der Waals surface area contributed by atoms with Crippen molar-refractivity contribution in [1.82, 2.24) is 9.78 Å². The summed E-state index contributed by atoms with van der Waals surface area (Å²) in [6.07, 6.45) is -3.32. The summed E-state index contributed by atoms with van der Waals surface area (Å²) >= 11 is 0. The number of rotatable bonds is 3. The maximum Gasteiger partial charge on any atom is 0.411 e. The zero-order valence-electron chi connectivity index (χ0n) is 10.9. The lowest BCUT2D eigenvalue weighted by Gasteiger charge is -2.44. The lowest BCUT2D eigenvalue weighted by molar-refractivity contribution is -0.222. The molecule has 2 N–H and O–H groups in total. The largest absolute Gasteiger partial charge is 0.411 e. The predicted molar refractivity (Wildman–Crippen MR) is 62.9 cm³/mol. The Hall–Kier alpha value is -1.12. The molecule has 1 aliphatic rings. The zero-order chi connectivity index (χ0) is 15.0. The summed E-state index contributed by atoms with van der Waals surface area (Å²) in [6, 6.07) is 0.723. The Balaban J connectivity index is 2.23. The van der Waals surface area contributed by atoms with Crippen molar-refractivity contribution >= 4 is 0 Å². The number of hydrogen-bond acceptors (Lipinski definition) is 4. The quantitative estimate of drug-likeness (QED) is 0.881. The standard InChI is InChI=1S/C12H17F3N2O3/c1-11(19)4-3-8(18)9(20-7-12(13,14)15)10(11)17-6-2-5-16-17/h2,5-6,8-10,18-19H,3-4,7H2,1H3. The third-order valence-corrected chi connectivity index (χ3v) is 3.52. The van der Waals surface area contributed by atoms with Gasteiger partial charge in [-0.1, -0.05) is 0 Å². The van der Waals surface area contributed by atoms with E-state index >= 15 is 0 Å². The molecule has 1 saturated carbocycles. The van der Waals surface area contributed by atoms with E-state index in [1.807, 2.05) is 0 Å². The van der Waals surface area contributed by atoms with Crippen LogP contribution in [0, 0.1) is 0 Å². The van der Waals surface area contributed by atoms with Crippen molar-refractivity contribution in [2.45, 2.75) is 49.8 Å². The van der Waals surface area contributed by atoms with Crippen LogP contribution in [0.2, 0.25) is 0 Å². The van der Waals surface area contributed by atoms with Crippen LogP contribution in [0.4, 0.5) is 13.2 Å². The number of nitrogens with zero attached hydrogens (tertiary/aromatic N) is 2. The Labute approximate surface area is 114 Å². The van der Waals surface area contributed by atoms with Crippen LogP contribution in [0.3, 0.4) is 0 Å². The van der Waals surface area contributed by atoms with Gasteiger partial charge >= 0.3 is 6.18 Å². The Kier molecular flexibility index (Phi) is 4.08. The van der Waals surface area contributed by atoms with E-state index in [0.717, 1.165) is 0 Å². The van der Waals surface area contributed by atoms with Gasteiger partial charge in [-0.2, -0.15) is 18.3 Å². The van der Waals surface area contributed by atoms with E-state index in [2.05, 4.69) is 5.10 Å². The second kappa shape index (κ2) is 5.34. The molecule has 0 saturated heterocycles. The molecule has 0 amide bonds. The Bertz CT molecular complexity index is 434. The van der Waals surface area contributed by atoms with Crippen molar-refractivity contribution in [1.29, 1.82) is 0 Å². The summed E-state index contributed by atoms with van der Waals surface area (Å²) in [5, 5.41) is 24.3. The first-order valence-electron chi connectivity index (χ1n) is 6.29. The fourth-order valence-electron chi connectivity index (χ4n) is 2.59. The molecule has 4 unspecified atom stereocenters. The minimum absolute atomic E-state index is 0.174. The highest BCUT2D eigenvalue weighted by molar-refractivity contribution is 5.01. The van der Waals surface area contributed by atoms with Gasteiger partial charge in [0, 0.05) is 12.4 Å². The number of aliphatic hydroxyl groups excluding tert-OH is 1. The van der Waals surface area contributed by atoms with E-state index in [1.165, 1.54) is 24.0 Å². The number of halogens is 3. The van der Waals surface area contributed by atoms with Crippen LogP contribution in [-0.4, -0.2) is 50.6 Å². The number of aromatic nitrogens is 2. The van der Waals surface area contributed by atoms with Gasteiger partial charge in [0.2, 0.25) is 0 Å². The number of alkyl halides is 3. The molecule has 1 heterocycles. The van der Waals surface area contributed by atoms with Crippen LogP contribution in [0.15, 0.2) is 18.5 Å². The van der Waals surface area contributed by atoms with E-state index in [1.54, 1.807) is 6.07 Å². The van der Waals surface area contributed by atoms with Gasteiger partial charge in [0.25, 0.3) is 0 Å². The van der Waals surface area contributed by atoms with Crippen LogP contribution in [0.5, 0.6) is 0 Å². The molecule has 1 fully saturated rings. The molecule has 0 radical (unpaired) electrons. The molecule has 114 valence electrons. The summed E-state index contributed by atoms with van der Waals surface area (Å²) in [7, 11) is 0. The van der Waals surface area contributed by atoms with Crippen molar-refractivity contribution in [2.75, 3.05) is 6.61 Å². The van der Waals surface area contributed by atoms with E-state index in [4.69, 9.17) is 4.74 Å². The van der Waals surface area contributed by atoms with Crippen LogP contribution in [-0.2, 0) is 4.74 Å². The zero-order valence-corrected chi connectivity index (χ0v) is 10.9. The van der Waals surface area contributed by atoms with Crippen molar-refractivity contribution in [3.05, 3.63) is 18.5 Å². The molecule has 0 bridgehead atoms. The Morgan fingerprint density at radius 3 is 2.75 bits per heavy atom. The second-order valence-corrected chi connectivity index (χ2v) is 5.28. The molecule has 0 spiro atoms. The molecule has 0 aromatic carbocycles. The lowest BCUT2D eigenvalue weighted by atomic mass is 9.78. The lowest BCUT2D eigenvalue weighted by Crippen LogP contribution is -2.54. The second-order valence-electron chi connectivity index (χ2n) is 5.28. The van der Waals surface area contributed by atoms with Crippen molar-refractivity contribution in [3.63, 3.8) is 0 Å². The molecular weight excluding hydrogens is 277 g/mol. The van der Waals surface area contributed by atoms with Crippen LogP contribution < -0.4 is 0 Å². The van der Waals surface area contributed by atoms with Crippen LogP contribution >= 0.6 is 0 Å². The van der Waals surface area contributed by atoms with Crippen molar-refractivity contribution in [3.8, 4) is 0 Å². The molecule has 0 aliphatic heterocycles. The highest BCUT2D eigenvalue weighted by Crippen LogP contribution is 2.39. The average molecular weight is 294 g/mol. The molecule has 8 heteroatoms. The SMILES string of the molecule is CC1(O)CCC(O)C(OCC(F)(F)F)C1n1cccn1. The molecule has 2 rings (SSSR count). The predicted octanol–water partition coefficient (Wildman–Crippen LogP) is 1.28. The first-order chi connectivity index (χ1) is 9.21. The first-order valence-corrected chi connectivity index (χ1v) is 6.29. The number of hydrogen-bond donors (Lipinski definition) is 2. The number of aliphatic hydroxyl groups is 2. The third kappa shape index (κ3) is 3.31. The average Bonchev–Trinajstić information content (AvgIpc) is 2.82. The highest BCUT2D eigenvalue weighted by Gasteiger charge is 2.48. The van der Waals surface area contributed by atoms with Crippen molar-refractivity contribution < 1.29 is 28.1 Å². The fourth-order valence-corrected chi connectivity index (χ4v) is 2.59. The molecule has 1 aliphatic carbocycles. The van der Waals surface area contributed by atoms with Gasteiger partial charge in [-0.3, -0.25) is 4.68 Å². The van der Waals surface area contributed by atoms with Crippen LogP contribution in [0.1, 0.15) is 25.8 Å². The van der Waals surface area contributed by atoms with Gasteiger partial charge in [-0.15, -0.1) is 0 Å². The smallest absolute Gasteiger partial charge is 0.390 e. The van der Waals surface area contributed by atoms with E-state index in [-0.39, 0.29) is 12.8 Å². The van der Waals surface area contributed by atoms with E-state index in [9.17, 15) is 23.4 Å². The van der Waals surface area contributed by atoms with Gasteiger partial charge in [0.05, 0.1) is 11.7 Å². The Morgan fingerprint density at radius 1 is 1.50 bits per heavy atom. The van der Waals surface area contributed by atoms with E-state index in [0.29, 0.717) is 0 Å². The van der Waals surface area contributed by atoms with Gasteiger partial charge in [0.15, 0.2) is 0 Å². The maximum absolute atomic E-state index is 12.3. The summed E-state index contributed by atoms with van der Waals surface area (Å²) in [5.74, 6) is 0. The van der Waals surface area contributed by atoms with Crippen molar-refractivity contribution in [2.24, 2.45) is 0 Å². The maximum atomic E-state index is 12.3. The molecular formula is C12H17F3N2O3. The third-order valence-electron chi connectivity index (χ3n) is 3.52. The van der Waals surface area contributed by atoms with Crippen LogP contribution in [0.25, 0.3) is 0 Å². The minimum atomic E-state index is -4.49. The minimum Gasteiger partial charge on any atom is -0.390 e. The fraction of sp³-hybridized carbons (Fsp3) is 0.750. The summed E-state index contributed by atoms with van der Waals surface area (Å²) in [4.78, 5) is 0. The summed E-state index contributed by atoms with van der Waals surface area (Å²) in [6.45, 7) is 0.0394. The highest BCUT2D eigenvalue weighted by atomic mass is 19.4. The van der Waals surface area contributed by atoms with Gasteiger partial charge in [0.1, 0.15) is 18.8 Å². The Morgan fingerprint density at radius 2 is 2.20 bits per heavy atom. The topological polar surface area (TPSA) is 67.5 Å². The summed E-state index contributed by atoms with van der Waals surface area (Å²) < 4.78 is 43.1. The molecule has 5 nitrogen and oxygen atoms in total. The first kappa shape index (κ1) is 15.3. The molecule has 1 aromatic rings. The monoisotopic (exact) mass is 294 g/mol. The van der Waals surface area contributed by atoms with Gasteiger partial charge in [-0.05, 0) is 25.8 Å². The van der Waals surface area contributed by atoms with Gasteiger partial charge < -0.3 is 14.9 Å². The normalized spacial score (nSPS) is 35.2. The van der Waals surface area contributed by atoms with Gasteiger partial charge in [-0.25, -0.2) is 0 Å². The molecule has 1 aromatic heterocycles. The van der Waals surface area contributed by atoms with E-state index < -0.39 is 36.6 Å². The number of ether oxygens (including phenoxy) is 1. The summed E-state index contributed by atoms with van der Waals surface area (Å²) in [5.41, 5.74) is -1.30.